The standard InChI is InChI=1S/C17H25N3O4/c1-17(2,3)19(16(21)22)13-10-8-12(9-11-13)18-14-6-4-5-7-15(14)20(23)24/h4-7,12-13,18H,8-11H2,1-3H3,(H,21,22). The second kappa shape index (κ2) is 7.07. The Bertz CT molecular complexity index is 604. The third-order valence-electron chi connectivity index (χ3n) is 4.45. The highest BCUT2D eigenvalue weighted by atomic mass is 16.6. The van der Waals surface area contributed by atoms with E-state index in [4.69, 9.17) is 0 Å². The van der Waals surface area contributed by atoms with Crippen molar-refractivity contribution >= 4 is 17.5 Å². The Kier molecular flexibility index (Phi) is 5.31. The average Bonchev–Trinajstić information content (AvgIpc) is 2.47. The van der Waals surface area contributed by atoms with E-state index in [0.717, 1.165) is 25.7 Å². The highest BCUT2D eigenvalue weighted by Crippen LogP contribution is 2.32. The lowest BCUT2D eigenvalue weighted by Gasteiger charge is -2.42. The first-order chi connectivity index (χ1) is 11.2. The smallest absolute Gasteiger partial charge is 0.407 e. The summed E-state index contributed by atoms with van der Waals surface area (Å²) in [7, 11) is 0. The molecule has 1 aliphatic carbocycles. The summed E-state index contributed by atoms with van der Waals surface area (Å²) in [6, 6.07) is 6.73. The Balaban J connectivity index is 2.01. The molecular formula is C17H25N3O4. The Morgan fingerprint density at radius 2 is 1.83 bits per heavy atom. The summed E-state index contributed by atoms with van der Waals surface area (Å²) in [5, 5.41) is 23.8. The summed E-state index contributed by atoms with van der Waals surface area (Å²) in [6.07, 6.45) is 2.19. The first kappa shape index (κ1) is 18.0. The van der Waals surface area contributed by atoms with Gasteiger partial charge in [-0.1, -0.05) is 12.1 Å². The summed E-state index contributed by atoms with van der Waals surface area (Å²) < 4.78 is 0. The number of nitro groups is 1. The summed E-state index contributed by atoms with van der Waals surface area (Å²) in [5.74, 6) is 0. The quantitative estimate of drug-likeness (QED) is 0.638. The van der Waals surface area contributed by atoms with E-state index in [-0.39, 0.29) is 22.7 Å². The lowest BCUT2D eigenvalue weighted by atomic mass is 9.88. The first-order valence-corrected chi connectivity index (χ1v) is 8.22. The van der Waals surface area contributed by atoms with Gasteiger partial charge < -0.3 is 15.3 Å². The molecule has 2 N–H and O–H groups in total. The molecular weight excluding hydrogens is 310 g/mol. The molecule has 1 aromatic rings. The highest BCUT2D eigenvalue weighted by molar-refractivity contribution is 5.66. The molecule has 0 atom stereocenters. The fourth-order valence-electron chi connectivity index (χ4n) is 3.44. The van der Waals surface area contributed by atoms with Gasteiger partial charge in [0.25, 0.3) is 5.69 Å². The Labute approximate surface area is 141 Å². The molecule has 1 aliphatic rings. The van der Waals surface area contributed by atoms with Crippen molar-refractivity contribution in [3.8, 4) is 0 Å². The van der Waals surface area contributed by atoms with E-state index in [0.29, 0.717) is 5.69 Å². The van der Waals surface area contributed by atoms with Crippen LogP contribution in [-0.4, -0.2) is 38.6 Å². The molecule has 1 saturated carbocycles. The number of benzene rings is 1. The fraction of sp³-hybridized carbons (Fsp3) is 0.588. The van der Waals surface area contributed by atoms with Gasteiger partial charge in [-0.15, -0.1) is 0 Å². The number of nitrogens with zero attached hydrogens (tertiary/aromatic N) is 2. The second-order valence-electron chi connectivity index (χ2n) is 7.25. The predicted octanol–water partition coefficient (Wildman–Crippen LogP) is 4.10. The van der Waals surface area contributed by atoms with E-state index in [1.165, 1.54) is 11.0 Å². The van der Waals surface area contributed by atoms with Gasteiger partial charge in [0.05, 0.1) is 4.92 Å². The molecule has 0 spiro atoms. The minimum Gasteiger partial charge on any atom is -0.465 e. The van der Waals surface area contributed by atoms with Crippen LogP contribution in [0.5, 0.6) is 0 Å². The Morgan fingerprint density at radius 1 is 1.25 bits per heavy atom. The molecule has 1 fully saturated rings. The number of anilines is 1. The van der Waals surface area contributed by atoms with Crippen LogP contribution in [0.25, 0.3) is 0 Å². The van der Waals surface area contributed by atoms with Crippen LogP contribution in [0.15, 0.2) is 24.3 Å². The second-order valence-corrected chi connectivity index (χ2v) is 7.25. The molecule has 0 bridgehead atoms. The fourth-order valence-corrected chi connectivity index (χ4v) is 3.44. The molecule has 0 aromatic heterocycles. The normalized spacial score (nSPS) is 21.1. The largest absolute Gasteiger partial charge is 0.465 e. The summed E-state index contributed by atoms with van der Waals surface area (Å²) >= 11 is 0. The molecule has 7 nitrogen and oxygen atoms in total. The third kappa shape index (κ3) is 4.15. The zero-order valence-corrected chi connectivity index (χ0v) is 14.4. The number of carboxylic acid groups (broad SMARTS) is 1. The number of carbonyl (C=O) groups is 1. The molecule has 24 heavy (non-hydrogen) atoms. The summed E-state index contributed by atoms with van der Waals surface area (Å²) in [6.45, 7) is 5.70. The van der Waals surface area contributed by atoms with Crippen molar-refractivity contribution in [3.05, 3.63) is 34.4 Å². The lowest BCUT2D eigenvalue weighted by Crippen LogP contribution is -2.52. The number of nitrogens with one attached hydrogen (secondary N) is 1. The molecule has 7 heteroatoms. The predicted molar refractivity (Wildman–Crippen MR) is 92.4 cm³/mol. The van der Waals surface area contributed by atoms with Crippen LogP contribution in [0, 0.1) is 10.1 Å². The number of amides is 1. The van der Waals surface area contributed by atoms with Gasteiger partial charge in [0.2, 0.25) is 0 Å². The van der Waals surface area contributed by atoms with Crippen LogP contribution in [0.3, 0.4) is 0 Å². The van der Waals surface area contributed by atoms with Crippen LogP contribution >= 0.6 is 0 Å². The van der Waals surface area contributed by atoms with E-state index in [1.807, 2.05) is 20.8 Å². The molecule has 2 rings (SSSR count). The molecule has 0 saturated heterocycles. The molecule has 0 unspecified atom stereocenters. The molecule has 0 aliphatic heterocycles. The average molecular weight is 335 g/mol. The van der Waals surface area contributed by atoms with Crippen molar-refractivity contribution in [2.75, 3.05) is 5.32 Å². The van der Waals surface area contributed by atoms with E-state index >= 15 is 0 Å². The van der Waals surface area contributed by atoms with E-state index < -0.39 is 11.6 Å². The Hall–Kier alpha value is -2.31. The number of hydrogen-bond acceptors (Lipinski definition) is 4. The van der Waals surface area contributed by atoms with Crippen LogP contribution < -0.4 is 5.32 Å². The monoisotopic (exact) mass is 335 g/mol. The van der Waals surface area contributed by atoms with Crippen molar-refractivity contribution in [2.24, 2.45) is 0 Å². The van der Waals surface area contributed by atoms with Crippen molar-refractivity contribution in [1.29, 1.82) is 0 Å². The van der Waals surface area contributed by atoms with Gasteiger partial charge in [0.1, 0.15) is 5.69 Å². The molecule has 0 radical (unpaired) electrons. The van der Waals surface area contributed by atoms with Crippen molar-refractivity contribution in [3.63, 3.8) is 0 Å². The van der Waals surface area contributed by atoms with Gasteiger partial charge in [-0.3, -0.25) is 10.1 Å². The zero-order valence-electron chi connectivity index (χ0n) is 14.4. The van der Waals surface area contributed by atoms with Gasteiger partial charge in [-0.25, -0.2) is 4.79 Å². The van der Waals surface area contributed by atoms with Gasteiger partial charge in [-0.2, -0.15) is 0 Å². The topological polar surface area (TPSA) is 95.7 Å². The molecule has 1 aromatic carbocycles. The summed E-state index contributed by atoms with van der Waals surface area (Å²) in [4.78, 5) is 23.8. The van der Waals surface area contributed by atoms with E-state index in [9.17, 15) is 20.0 Å². The van der Waals surface area contributed by atoms with Crippen molar-refractivity contribution in [1.82, 2.24) is 4.90 Å². The van der Waals surface area contributed by atoms with Crippen LogP contribution in [-0.2, 0) is 0 Å². The minimum absolute atomic E-state index is 0.00805. The summed E-state index contributed by atoms with van der Waals surface area (Å²) in [5.41, 5.74) is 0.160. The molecule has 1 amide bonds. The van der Waals surface area contributed by atoms with Crippen LogP contribution in [0.1, 0.15) is 46.5 Å². The maximum absolute atomic E-state index is 11.6. The number of nitro benzene ring substituents is 1. The number of para-hydroxylation sites is 2. The van der Waals surface area contributed by atoms with Gasteiger partial charge in [0.15, 0.2) is 0 Å². The SMILES string of the molecule is CC(C)(C)N(C(=O)O)C1CCC(Nc2ccccc2[N+](=O)[O-])CC1. The van der Waals surface area contributed by atoms with E-state index in [2.05, 4.69) is 5.32 Å². The maximum atomic E-state index is 11.6. The Morgan fingerprint density at radius 3 is 2.33 bits per heavy atom. The maximum Gasteiger partial charge on any atom is 0.407 e. The third-order valence-corrected chi connectivity index (χ3v) is 4.45. The van der Waals surface area contributed by atoms with Crippen molar-refractivity contribution in [2.45, 2.75) is 64.1 Å². The highest BCUT2D eigenvalue weighted by Gasteiger charge is 2.35. The van der Waals surface area contributed by atoms with Crippen molar-refractivity contribution < 1.29 is 14.8 Å². The minimum atomic E-state index is -0.891. The number of rotatable bonds is 4. The molecule has 132 valence electrons. The molecule has 0 heterocycles. The lowest BCUT2D eigenvalue weighted by molar-refractivity contribution is -0.384. The van der Waals surface area contributed by atoms with Gasteiger partial charge in [0, 0.05) is 23.7 Å². The first-order valence-electron chi connectivity index (χ1n) is 8.22. The van der Waals surface area contributed by atoms with Crippen LogP contribution in [0.4, 0.5) is 16.2 Å². The van der Waals surface area contributed by atoms with E-state index in [1.54, 1.807) is 18.2 Å². The van der Waals surface area contributed by atoms with Gasteiger partial charge in [-0.05, 0) is 52.5 Å². The van der Waals surface area contributed by atoms with Crippen LogP contribution in [0.2, 0.25) is 0 Å². The van der Waals surface area contributed by atoms with Gasteiger partial charge >= 0.3 is 6.09 Å². The number of hydrogen-bond donors (Lipinski definition) is 2. The zero-order chi connectivity index (χ0) is 17.9.